The maximum Gasteiger partial charge on any atom is 0.317 e. The molecule has 0 unspecified atom stereocenters. The standard InChI is InChI=1S/C29H28ClNO5S/c1-35-24-11-18(12-25-26(32)31(28(34)37-25)16-17-2-5-22(30)6-3-17)4-7-23(24)36-27(33)29-13-19-8-20(14-29)10-21(9-19)15-29/h2-7,11-12,19-21H,8-10,13-16H2,1H3/b25-12-. The molecule has 5 aliphatic rings. The molecule has 1 aliphatic heterocycles. The molecular formula is C29H28ClNO5S. The third-order valence-electron chi connectivity index (χ3n) is 8.29. The Morgan fingerprint density at radius 2 is 1.68 bits per heavy atom. The zero-order valence-corrected chi connectivity index (χ0v) is 22.1. The van der Waals surface area contributed by atoms with E-state index in [9.17, 15) is 14.4 Å². The fraction of sp³-hybridized carbons (Fsp3) is 0.414. The van der Waals surface area contributed by atoms with Crippen molar-refractivity contribution in [1.29, 1.82) is 0 Å². The lowest BCUT2D eigenvalue weighted by atomic mass is 9.49. The second-order valence-corrected chi connectivity index (χ2v) is 12.3. The van der Waals surface area contributed by atoms with E-state index in [0.717, 1.165) is 36.6 Å². The first-order chi connectivity index (χ1) is 17.8. The number of halogens is 1. The van der Waals surface area contributed by atoms with Crippen molar-refractivity contribution in [1.82, 2.24) is 4.90 Å². The number of hydrogen-bond acceptors (Lipinski definition) is 6. The fourth-order valence-corrected chi connectivity index (χ4v) is 7.95. The van der Waals surface area contributed by atoms with Gasteiger partial charge in [0.15, 0.2) is 11.5 Å². The van der Waals surface area contributed by atoms with Gasteiger partial charge in [-0.05, 0) is 110 Å². The molecule has 8 heteroatoms. The van der Waals surface area contributed by atoms with Gasteiger partial charge in [-0.3, -0.25) is 19.3 Å². The Morgan fingerprint density at radius 3 is 2.30 bits per heavy atom. The molecule has 7 rings (SSSR count). The quantitative estimate of drug-likeness (QED) is 0.232. The van der Waals surface area contributed by atoms with Crippen LogP contribution in [0.2, 0.25) is 5.02 Å². The normalized spacial score (nSPS) is 29.3. The van der Waals surface area contributed by atoms with E-state index in [-0.39, 0.29) is 29.1 Å². The number of ether oxygens (including phenoxy) is 2. The summed E-state index contributed by atoms with van der Waals surface area (Å²) >= 11 is 6.84. The van der Waals surface area contributed by atoms with Crippen LogP contribution in [0.15, 0.2) is 47.4 Å². The maximum atomic E-state index is 13.4. The lowest BCUT2D eigenvalue weighted by molar-refractivity contribution is -0.161. The average Bonchev–Trinajstić information content (AvgIpc) is 3.12. The van der Waals surface area contributed by atoms with Gasteiger partial charge in [0.05, 0.1) is 24.0 Å². The summed E-state index contributed by atoms with van der Waals surface area (Å²) in [5.41, 5.74) is 1.14. The van der Waals surface area contributed by atoms with Crippen LogP contribution in [0.4, 0.5) is 4.79 Å². The van der Waals surface area contributed by atoms with E-state index in [1.807, 2.05) is 0 Å². The molecule has 2 aromatic carbocycles. The molecule has 4 aliphatic carbocycles. The van der Waals surface area contributed by atoms with Crippen LogP contribution in [0.25, 0.3) is 6.08 Å². The van der Waals surface area contributed by atoms with Crippen molar-refractivity contribution >= 4 is 46.6 Å². The van der Waals surface area contributed by atoms with Crippen molar-refractivity contribution in [3.8, 4) is 11.5 Å². The first kappa shape index (κ1) is 24.6. The van der Waals surface area contributed by atoms with Crippen LogP contribution in [0.1, 0.15) is 49.7 Å². The van der Waals surface area contributed by atoms with Crippen LogP contribution in [0.5, 0.6) is 11.5 Å². The predicted molar refractivity (Wildman–Crippen MR) is 142 cm³/mol. The number of nitrogens with zero attached hydrogens (tertiary/aromatic N) is 1. The smallest absolute Gasteiger partial charge is 0.317 e. The highest BCUT2D eigenvalue weighted by atomic mass is 35.5. The Morgan fingerprint density at radius 1 is 1.03 bits per heavy atom. The molecule has 1 saturated heterocycles. The number of carbonyl (C=O) groups is 3. The number of methoxy groups -OCH3 is 1. The van der Waals surface area contributed by atoms with E-state index < -0.39 is 0 Å². The van der Waals surface area contributed by atoms with Crippen LogP contribution < -0.4 is 9.47 Å². The lowest BCUT2D eigenvalue weighted by Crippen LogP contribution is -2.51. The summed E-state index contributed by atoms with van der Waals surface area (Å²) in [5.74, 6) is 2.28. The number of esters is 1. The number of thioether (sulfide) groups is 1. The molecule has 4 saturated carbocycles. The molecule has 2 amide bonds. The number of rotatable bonds is 6. The third kappa shape index (κ3) is 4.68. The van der Waals surface area contributed by atoms with Gasteiger partial charge in [0.1, 0.15) is 0 Å². The molecule has 0 radical (unpaired) electrons. The van der Waals surface area contributed by atoms with E-state index >= 15 is 0 Å². The van der Waals surface area contributed by atoms with Crippen molar-refractivity contribution < 1.29 is 23.9 Å². The third-order valence-corrected chi connectivity index (χ3v) is 9.45. The van der Waals surface area contributed by atoms with Gasteiger partial charge < -0.3 is 9.47 Å². The highest BCUT2D eigenvalue weighted by Gasteiger charge is 2.55. The molecule has 0 atom stereocenters. The van der Waals surface area contributed by atoms with Gasteiger partial charge in [0.2, 0.25) is 0 Å². The molecule has 37 heavy (non-hydrogen) atoms. The number of hydrogen-bond donors (Lipinski definition) is 0. The van der Waals surface area contributed by atoms with E-state index in [2.05, 4.69) is 0 Å². The van der Waals surface area contributed by atoms with Gasteiger partial charge >= 0.3 is 5.97 Å². The van der Waals surface area contributed by atoms with Crippen LogP contribution in [-0.4, -0.2) is 29.1 Å². The Kier molecular flexibility index (Phi) is 6.32. The van der Waals surface area contributed by atoms with Crippen LogP contribution in [-0.2, 0) is 16.1 Å². The molecular weight excluding hydrogens is 510 g/mol. The summed E-state index contributed by atoms with van der Waals surface area (Å²) in [6.07, 6.45) is 8.25. The topological polar surface area (TPSA) is 72.9 Å². The minimum atomic E-state index is -0.360. The molecule has 5 fully saturated rings. The second kappa shape index (κ2) is 9.52. The molecule has 0 N–H and O–H groups in total. The van der Waals surface area contributed by atoms with E-state index in [0.29, 0.717) is 44.7 Å². The highest BCUT2D eigenvalue weighted by Crippen LogP contribution is 2.60. The largest absolute Gasteiger partial charge is 0.493 e. The summed E-state index contributed by atoms with van der Waals surface area (Å²) < 4.78 is 11.5. The number of carbonyl (C=O) groups excluding carboxylic acids is 3. The lowest BCUT2D eigenvalue weighted by Gasteiger charge is -2.55. The van der Waals surface area contributed by atoms with Crippen LogP contribution >= 0.6 is 23.4 Å². The van der Waals surface area contributed by atoms with Crippen LogP contribution in [0, 0.1) is 23.2 Å². The SMILES string of the molecule is COc1cc(/C=C2\SC(=O)N(Cc3ccc(Cl)cc3)C2=O)ccc1OC(=O)C12CC3CC(CC(C3)C1)C2. The molecule has 6 nitrogen and oxygen atoms in total. The van der Waals surface area contributed by atoms with Crippen molar-refractivity contribution in [2.75, 3.05) is 7.11 Å². The van der Waals surface area contributed by atoms with Gasteiger partial charge in [-0.1, -0.05) is 29.8 Å². The first-order valence-corrected chi connectivity index (χ1v) is 13.9. The van der Waals surface area contributed by atoms with Gasteiger partial charge in [0.25, 0.3) is 11.1 Å². The maximum absolute atomic E-state index is 13.4. The summed E-state index contributed by atoms with van der Waals surface area (Å²) in [4.78, 5) is 40.4. The van der Waals surface area contributed by atoms with Crippen molar-refractivity contribution in [2.45, 2.75) is 45.1 Å². The first-order valence-electron chi connectivity index (χ1n) is 12.7. The minimum absolute atomic E-state index is 0.138. The Bertz CT molecular complexity index is 1270. The van der Waals surface area contributed by atoms with Gasteiger partial charge in [-0.25, -0.2) is 0 Å². The Balaban J connectivity index is 1.17. The Hall–Kier alpha value is -2.77. The summed E-state index contributed by atoms with van der Waals surface area (Å²) in [7, 11) is 1.53. The second-order valence-electron chi connectivity index (χ2n) is 10.9. The number of amides is 2. The average molecular weight is 538 g/mol. The molecule has 0 spiro atoms. The van der Waals surface area contributed by atoms with Crippen molar-refractivity contribution in [2.24, 2.45) is 23.2 Å². The summed E-state index contributed by atoms with van der Waals surface area (Å²) in [5, 5.41) is 0.276. The van der Waals surface area contributed by atoms with Gasteiger partial charge in [-0.2, -0.15) is 0 Å². The minimum Gasteiger partial charge on any atom is -0.493 e. The van der Waals surface area contributed by atoms with Crippen molar-refractivity contribution in [3.05, 3.63) is 63.5 Å². The molecule has 0 aromatic heterocycles. The van der Waals surface area contributed by atoms with E-state index in [4.69, 9.17) is 21.1 Å². The fourth-order valence-electron chi connectivity index (χ4n) is 6.99. The zero-order chi connectivity index (χ0) is 25.7. The molecule has 192 valence electrons. The zero-order valence-electron chi connectivity index (χ0n) is 20.6. The van der Waals surface area contributed by atoms with Gasteiger partial charge in [-0.15, -0.1) is 0 Å². The van der Waals surface area contributed by atoms with E-state index in [1.54, 1.807) is 48.5 Å². The summed E-state index contributed by atoms with van der Waals surface area (Å²) in [6.45, 7) is 0.182. The molecule has 4 bridgehead atoms. The number of imide groups is 1. The molecule has 2 aromatic rings. The molecule has 1 heterocycles. The highest BCUT2D eigenvalue weighted by molar-refractivity contribution is 8.18. The predicted octanol–water partition coefficient (Wildman–Crippen LogP) is 6.71. The van der Waals surface area contributed by atoms with E-state index in [1.165, 1.54) is 31.3 Å². The van der Waals surface area contributed by atoms with Crippen molar-refractivity contribution in [3.63, 3.8) is 0 Å². The van der Waals surface area contributed by atoms with Gasteiger partial charge in [0, 0.05) is 5.02 Å². The summed E-state index contributed by atoms with van der Waals surface area (Å²) in [6, 6.07) is 12.3. The Labute approximate surface area is 225 Å². The number of benzene rings is 2. The van der Waals surface area contributed by atoms with Crippen LogP contribution in [0.3, 0.4) is 0 Å². The monoisotopic (exact) mass is 537 g/mol.